The Morgan fingerprint density at radius 1 is 1.12 bits per heavy atom. The summed E-state index contributed by atoms with van der Waals surface area (Å²) >= 11 is 1.67. The van der Waals surface area contributed by atoms with Crippen molar-refractivity contribution in [3.05, 3.63) is 39.6 Å². The smallest absolute Gasteiger partial charge is 0.315 e. The summed E-state index contributed by atoms with van der Waals surface area (Å²) in [5.74, 6) is 1.64. The highest BCUT2D eigenvalue weighted by molar-refractivity contribution is 7.11. The van der Waals surface area contributed by atoms with Gasteiger partial charge in [0.25, 0.3) is 0 Å². The zero-order chi connectivity index (χ0) is 18.4. The average molecular weight is 364 g/mol. The number of aryl methyl sites for hydroxylation is 1. The van der Waals surface area contributed by atoms with E-state index >= 15 is 0 Å². The Balaban J connectivity index is 2.04. The van der Waals surface area contributed by atoms with E-state index in [-0.39, 0.29) is 12.1 Å². The molecule has 2 rings (SSSR count). The highest BCUT2D eigenvalue weighted by Crippen LogP contribution is 2.39. The molecule has 2 aromatic rings. The van der Waals surface area contributed by atoms with Crippen molar-refractivity contribution in [2.75, 3.05) is 21.3 Å². The third-order valence-corrected chi connectivity index (χ3v) is 4.75. The second-order valence-corrected chi connectivity index (χ2v) is 6.89. The first-order valence-corrected chi connectivity index (χ1v) is 8.69. The Bertz CT molecular complexity index is 705. The van der Waals surface area contributed by atoms with Crippen molar-refractivity contribution >= 4 is 17.4 Å². The molecular weight excluding hydrogens is 340 g/mol. The van der Waals surface area contributed by atoms with Crippen LogP contribution in [-0.2, 0) is 6.54 Å². The molecule has 1 heterocycles. The number of urea groups is 1. The predicted octanol–water partition coefficient (Wildman–Crippen LogP) is 3.64. The number of carbonyl (C=O) groups is 1. The van der Waals surface area contributed by atoms with Crippen LogP contribution in [-0.4, -0.2) is 27.4 Å². The molecule has 1 aromatic carbocycles. The van der Waals surface area contributed by atoms with Gasteiger partial charge in [-0.25, -0.2) is 4.79 Å². The van der Waals surface area contributed by atoms with E-state index < -0.39 is 0 Å². The lowest BCUT2D eigenvalue weighted by Gasteiger charge is -2.19. The van der Waals surface area contributed by atoms with E-state index in [9.17, 15) is 4.79 Å². The number of hydrogen-bond acceptors (Lipinski definition) is 5. The lowest BCUT2D eigenvalue weighted by molar-refractivity contribution is 0.237. The maximum absolute atomic E-state index is 12.1. The van der Waals surface area contributed by atoms with E-state index in [4.69, 9.17) is 14.2 Å². The Morgan fingerprint density at radius 3 is 2.24 bits per heavy atom. The van der Waals surface area contributed by atoms with Crippen LogP contribution in [0.5, 0.6) is 17.2 Å². The molecule has 0 saturated carbocycles. The summed E-state index contributed by atoms with van der Waals surface area (Å²) in [7, 11) is 4.69. The lowest BCUT2D eigenvalue weighted by atomic mass is 10.1. The Hall–Kier alpha value is -2.41. The van der Waals surface area contributed by atoms with Crippen molar-refractivity contribution in [2.45, 2.75) is 26.4 Å². The first kappa shape index (κ1) is 18.9. The van der Waals surface area contributed by atoms with Gasteiger partial charge in [-0.3, -0.25) is 0 Å². The summed E-state index contributed by atoms with van der Waals surface area (Å²) in [6.07, 6.45) is 0. The van der Waals surface area contributed by atoms with Crippen LogP contribution in [0.2, 0.25) is 0 Å². The Morgan fingerprint density at radius 2 is 1.76 bits per heavy atom. The monoisotopic (exact) mass is 364 g/mol. The lowest BCUT2D eigenvalue weighted by Crippen LogP contribution is -2.36. The third kappa shape index (κ3) is 4.79. The van der Waals surface area contributed by atoms with Crippen LogP contribution < -0.4 is 24.8 Å². The van der Waals surface area contributed by atoms with Crippen LogP contribution >= 0.6 is 11.3 Å². The zero-order valence-electron chi connectivity index (χ0n) is 15.1. The molecule has 6 nitrogen and oxygen atoms in total. The number of ether oxygens (including phenoxy) is 3. The predicted molar refractivity (Wildman–Crippen MR) is 98.9 cm³/mol. The van der Waals surface area contributed by atoms with Crippen molar-refractivity contribution in [2.24, 2.45) is 0 Å². The molecule has 0 fully saturated rings. The zero-order valence-corrected chi connectivity index (χ0v) is 16.0. The normalized spacial score (nSPS) is 11.6. The highest BCUT2D eigenvalue weighted by atomic mass is 32.1. The van der Waals surface area contributed by atoms with Gasteiger partial charge in [-0.2, -0.15) is 0 Å². The molecule has 0 radical (unpaired) electrons. The van der Waals surface area contributed by atoms with Gasteiger partial charge < -0.3 is 24.8 Å². The maximum Gasteiger partial charge on any atom is 0.315 e. The minimum absolute atomic E-state index is 0.223. The standard InChI is InChI=1S/C18H24N2O4S/c1-11-6-7-14(25-11)10-19-18(21)20-12(2)13-8-15(22-3)17(24-5)16(9-13)23-4/h6-9,12H,10H2,1-5H3,(H2,19,20,21). The molecule has 2 N–H and O–H groups in total. The number of carbonyl (C=O) groups excluding carboxylic acids is 1. The average Bonchev–Trinajstić information content (AvgIpc) is 3.03. The van der Waals surface area contributed by atoms with Crippen molar-refractivity contribution in [3.63, 3.8) is 0 Å². The fourth-order valence-corrected chi connectivity index (χ4v) is 3.26. The molecule has 0 spiro atoms. The first-order chi connectivity index (χ1) is 12.0. The number of amides is 2. The third-order valence-electron chi connectivity index (χ3n) is 3.75. The number of benzene rings is 1. The van der Waals surface area contributed by atoms with E-state index in [1.165, 1.54) is 4.88 Å². The minimum atomic E-state index is -0.229. The molecular formula is C18H24N2O4S. The second kappa shape index (κ2) is 8.62. The number of methoxy groups -OCH3 is 3. The molecule has 2 amide bonds. The molecule has 7 heteroatoms. The number of thiophene rings is 1. The molecule has 25 heavy (non-hydrogen) atoms. The summed E-state index contributed by atoms with van der Waals surface area (Å²) in [5.41, 5.74) is 0.858. The topological polar surface area (TPSA) is 68.8 Å². The summed E-state index contributed by atoms with van der Waals surface area (Å²) < 4.78 is 16.0. The van der Waals surface area contributed by atoms with Gasteiger partial charge in [-0.15, -0.1) is 11.3 Å². The van der Waals surface area contributed by atoms with Gasteiger partial charge in [0.1, 0.15) is 0 Å². The fraction of sp³-hybridized carbons (Fsp3) is 0.389. The van der Waals surface area contributed by atoms with Gasteiger partial charge in [0.2, 0.25) is 5.75 Å². The van der Waals surface area contributed by atoms with Gasteiger partial charge in [-0.1, -0.05) is 0 Å². The molecule has 0 aliphatic rings. The van der Waals surface area contributed by atoms with Crippen molar-refractivity contribution in [1.29, 1.82) is 0 Å². The molecule has 1 aromatic heterocycles. The Labute approximate surface area is 152 Å². The largest absolute Gasteiger partial charge is 0.493 e. The quantitative estimate of drug-likeness (QED) is 0.787. The fourth-order valence-electron chi connectivity index (χ4n) is 2.43. The van der Waals surface area contributed by atoms with Crippen LogP contribution in [0.4, 0.5) is 4.79 Å². The van der Waals surface area contributed by atoms with E-state index in [1.807, 2.05) is 38.1 Å². The minimum Gasteiger partial charge on any atom is -0.493 e. The summed E-state index contributed by atoms with van der Waals surface area (Å²) in [6.45, 7) is 4.45. The molecule has 0 bridgehead atoms. The van der Waals surface area contributed by atoms with Crippen LogP contribution in [0.1, 0.15) is 28.3 Å². The molecule has 136 valence electrons. The number of rotatable bonds is 7. The van der Waals surface area contributed by atoms with E-state index in [1.54, 1.807) is 32.7 Å². The van der Waals surface area contributed by atoms with E-state index in [0.717, 1.165) is 10.4 Å². The SMILES string of the molecule is COc1cc(C(C)NC(=O)NCc2ccc(C)s2)cc(OC)c1OC. The molecule has 1 atom stereocenters. The van der Waals surface area contributed by atoms with Crippen LogP contribution in [0, 0.1) is 6.92 Å². The summed E-state index contributed by atoms with van der Waals surface area (Å²) in [4.78, 5) is 14.5. The first-order valence-electron chi connectivity index (χ1n) is 7.88. The second-order valence-electron chi connectivity index (χ2n) is 5.52. The van der Waals surface area contributed by atoms with Crippen LogP contribution in [0.25, 0.3) is 0 Å². The van der Waals surface area contributed by atoms with E-state index in [2.05, 4.69) is 10.6 Å². The van der Waals surface area contributed by atoms with Gasteiger partial charge in [-0.05, 0) is 43.7 Å². The van der Waals surface area contributed by atoms with Gasteiger partial charge in [0.15, 0.2) is 11.5 Å². The van der Waals surface area contributed by atoms with Crippen molar-refractivity contribution < 1.29 is 19.0 Å². The Kier molecular flexibility index (Phi) is 6.52. The summed E-state index contributed by atoms with van der Waals surface area (Å²) in [6, 6.07) is 7.26. The summed E-state index contributed by atoms with van der Waals surface area (Å²) in [5, 5.41) is 5.78. The molecule has 1 unspecified atom stereocenters. The molecule has 0 saturated heterocycles. The van der Waals surface area contributed by atoms with Crippen LogP contribution in [0.3, 0.4) is 0 Å². The molecule has 0 aliphatic heterocycles. The van der Waals surface area contributed by atoms with Gasteiger partial charge >= 0.3 is 6.03 Å². The van der Waals surface area contributed by atoms with Gasteiger partial charge in [0.05, 0.1) is 33.9 Å². The van der Waals surface area contributed by atoms with Gasteiger partial charge in [0, 0.05) is 9.75 Å². The maximum atomic E-state index is 12.1. The molecule has 0 aliphatic carbocycles. The highest BCUT2D eigenvalue weighted by Gasteiger charge is 2.17. The van der Waals surface area contributed by atoms with Crippen LogP contribution in [0.15, 0.2) is 24.3 Å². The van der Waals surface area contributed by atoms with E-state index in [0.29, 0.717) is 23.8 Å². The number of nitrogens with one attached hydrogen (secondary N) is 2. The van der Waals surface area contributed by atoms with Crippen molar-refractivity contribution in [1.82, 2.24) is 10.6 Å². The van der Waals surface area contributed by atoms with Crippen molar-refractivity contribution in [3.8, 4) is 17.2 Å². The number of hydrogen-bond donors (Lipinski definition) is 2.